The predicted octanol–water partition coefficient (Wildman–Crippen LogP) is 1.89. The van der Waals surface area contributed by atoms with E-state index in [1.54, 1.807) is 7.11 Å². The van der Waals surface area contributed by atoms with Gasteiger partial charge in [0.05, 0.1) is 6.10 Å². The van der Waals surface area contributed by atoms with E-state index >= 15 is 0 Å². The normalized spacial score (nSPS) is 31.1. The molecule has 0 radical (unpaired) electrons. The van der Waals surface area contributed by atoms with Crippen molar-refractivity contribution in [3.8, 4) is 0 Å². The second-order valence-corrected chi connectivity index (χ2v) is 4.06. The molecule has 0 amide bonds. The van der Waals surface area contributed by atoms with E-state index in [1.807, 2.05) is 11.8 Å². The average molecular weight is 176 g/mol. The third-order valence-electron chi connectivity index (χ3n) is 1.95. The number of rotatable bonds is 4. The Labute approximate surface area is 72.6 Å². The van der Waals surface area contributed by atoms with Crippen LogP contribution in [0.2, 0.25) is 0 Å². The molecule has 11 heavy (non-hydrogen) atoms. The summed E-state index contributed by atoms with van der Waals surface area (Å²) in [6.45, 7) is 2.66. The summed E-state index contributed by atoms with van der Waals surface area (Å²) < 4.78 is 10.4. The maximum Gasteiger partial charge on any atom is 0.146 e. The van der Waals surface area contributed by atoms with Crippen LogP contribution in [-0.4, -0.2) is 31.0 Å². The van der Waals surface area contributed by atoms with Crippen molar-refractivity contribution in [3.05, 3.63) is 0 Å². The Bertz CT molecular complexity index is 108. The van der Waals surface area contributed by atoms with E-state index < -0.39 is 0 Å². The van der Waals surface area contributed by atoms with Gasteiger partial charge in [0.15, 0.2) is 0 Å². The van der Waals surface area contributed by atoms with Crippen molar-refractivity contribution in [3.63, 3.8) is 0 Å². The summed E-state index contributed by atoms with van der Waals surface area (Å²) in [6.07, 6.45) is 2.83. The minimum Gasteiger partial charge on any atom is -0.359 e. The Morgan fingerprint density at radius 1 is 1.55 bits per heavy atom. The number of hydrogen-bond donors (Lipinski definition) is 0. The number of hydrogen-bond acceptors (Lipinski definition) is 3. The molecule has 1 aliphatic heterocycles. The Morgan fingerprint density at radius 2 is 2.36 bits per heavy atom. The van der Waals surface area contributed by atoms with Gasteiger partial charge in [-0.05, 0) is 18.6 Å². The Kier molecular flexibility index (Phi) is 4.26. The molecule has 0 aromatic carbocycles. The molecule has 1 saturated heterocycles. The lowest BCUT2D eigenvalue weighted by molar-refractivity contribution is -0.0703. The highest BCUT2D eigenvalue weighted by molar-refractivity contribution is 8.00. The summed E-state index contributed by atoms with van der Waals surface area (Å²) in [6, 6.07) is 0. The van der Waals surface area contributed by atoms with Crippen molar-refractivity contribution in [1.82, 2.24) is 0 Å². The zero-order valence-corrected chi connectivity index (χ0v) is 8.02. The predicted molar refractivity (Wildman–Crippen MR) is 47.9 cm³/mol. The maximum absolute atomic E-state index is 5.51. The van der Waals surface area contributed by atoms with Gasteiger partial charge in [-0.3, -0.25) is 0 Å². The van der Waals surface area contributed by atoms with Crippen molar-refractivity contribution < 1.29 is 9.47 Å². The molecule has 1 aliphatic rings. The van der Waals surface area contributed by atoms with E-state index in [0.717, 1.165) is 0 Å². The van der Waals surface area contributed by atoms with E-state index in [1.165, 1.54) is 18.6 Å². The molecule has 0 aliphatic carbocycles. The smallest absolute Gasteiger partial charge is 0.146 e. The largest absolute Gasteiger partial charge is 0.359 e. The number of thioether (sulfide) groups is 1. The van der Waals surface area contributed by atoms with Crippen LogP contribution in [0.3, 0.4) is 0 Å². The first kappa shape index (κ1) is 9.36. The molecule has 0 saturated carbocycles. The van der Waals surface area contributed by atoms with Crippen LogP contribution in [0.25, 0.3) is 0 Å². The van der Waals surface area contributed by atoms with Gasteiger partial charge in [-0.1, -0.05) is 6.92 Å². The average Bonchev–Trinajstić information content (AvgIpc) is 2.47. The fraction of sp³-hybridized carbons (Fsp3) is 1.00. The van der Waals surface area contributed by atoms with Gasteiger partial charge >= 0.3 is 0 Å². The van der Waals surface area contributed by atoms with Crippen molar-refractivity contribution in [2.24, 2.45) is 0 Å². The third-order valence-corrected chi connectivity index (χ3v) is 3.49. The van der Waals surface area contributed by atoms with Crippen LogP contribution in [-0.2, 0) is 9.47 Å². The molecular formula is C8H16O2S. The highest BCUT2D eigenvalue weighted by Crippen LogP contribution is 2.31. The molecular weight excluding hydrogens is 160 g/mol. The molecule has 2 atom stereocenters. The Balaban J connectivity index is 2.20. The van der Waals surface area contributed by atoms with E-state index in [2.05, 4.69) is 6.92 Å². The van der Waals surface area contributed by atoms with Gasteiger partial charge in [-0.2, -0.15) is 11.8 Å². The lowest BCUT2D eigenvalue weighted by Crippen LogP contribution is -2.21. The third kappa shape index (κ3) is 2.65. The summed E-state index contributed by atoms with van der Waals surface area (Å²) in [5.41, 5.74) is 0. The first-order valence-corrected chi connectivity index (χ1v) is 5.15. The number of methoxy groups -OCH3 is 1. The van der Waals surface area contributed by atoms with Crippen LogP contribution < -0.4 is 0 Å². The SMILES string of the molecule is CC[C@H]1SCC[C@H]1OCOC. The Morgan fingerprint density at radius 3 is 3.00 bits per heavy atom. The highest BCUT2D eigenvalue weighted by atomic mass is 32.2. The first-order valence-electron chi connectivity index (χ1n) is 4.10. The molecule has 2 nitrogen and oxygen atoms in total. The topological polar surface area (TPSA) is 18.5 Å². The lowest BCUT2D eigenvalue weighted by atomic mass is 10.2. The lowest BCUT2D eigenvalue weighted by Gasteiger charge is -2.16. The van der Waals surface area contributed by atoms with Gasteiger partial charge in [0.2, 0.25) is 0 Å². The minimum atomic E-state index is 0.435. The van der Waals surface area contributed by atoms with Crippen LogP contribution >= 0.6 is 11.8 Å². The van der Waals surface area contributed by atoms with Gasteiger partial charge in [0, 0.05) is 12.4 Å². The van der Waals surface area contributed by atoms with Gasteiger partial charge < -0.3 is 9.47 Å². The summed E-state index contributed by atoms with van der Waals surface area (Å²) in [5.74, 6) is 1.24. The zero-order chi connectivity index (χ0) is 8.10. The summed E-state index contributed by atoms with van der Waals surface area (Å²) >= 11 is 2.02. The fourth-order valence-electron chi connectivity index (χ4n) is 1.36. The highest BCUT2D eigenvalue weighted by Gasteiger charge is 2.26. The van der Waals surface area contributed by atoms with Crippen LogP contribution in [0.4, 0.5) is 0 Å². The van der Waals surface area contributed by atoms with Crippen LogP contribution in [0.5, 0.6) is 0 Å². The van der Waals surface area contributed by atoms with Crippen molar-refractivity contribution in [2.45, 2.75) is 31.1 Å². The standard InChI is InChI=1S/C8H16O2S/c1-3-8-7(4-5-11-8)10-6-9-2/h7-8H,3-6H2,1-2H3/t7-,8-/m1/s1. The molecule has 0 bridgehead atoms. The molecule has 0 aromatic rings. The quantitative estimate of drug-likeness (QED) is 0.609. The van der Waals surface area contributed by atoms with Gasteiger partial charge in [-0.15, -0.1) is 0 Å². The van der Waals surface area contributed by atoms with Gasteiger partial charge in [-0.25, -0.2) is 0 Å². The van der Waals surface area contributed by atoms with Crippen molar-refractivity contribution in [1.29, 1.82) is 0 Å². The summed E-state index contributed by atoms with van der Waals surface area (Å²) in [7, 11) is 1.67. The van der Waals surface area contributed by atoms with Gasteiger partial charge in [0.25, 0.3) is 0 Å². The monoisotopic (exact) mass is 176 g/mol. The van der Waals surface area contributed by atoms with Gasteiger partial charge in [0.1, 0.15) is 6.79 Å². The zero-order valence-electron chi connectivity index (χ0n) is 7.21. The molecule has 0 N–H and O–H groups in total. The Hall–Kier alpha value is 0.270. The van der Waals surface area contributed by atoms with Crippen molar-refractivity contribution in [2.75, 3.05) is 19.7 Å². The second-order valence-electron chi connectivity index (χ2n) is 2.72. The summed E-state index contributed by atoms with van der Waals surface area (Å²) in [4.78, 5) is 0. The molecule has 0 spiro atoms. The molecule has 0 unspecified atom stereocenters. The van der Waals surface area contributed by atoms with Crippen molar-refractivity contribution >= 4 is 11.8 Å². The number of ether oxygens (including phenoxy) is 2. The fourth-order valence-corrected chi connectivity index (χ4v) is 2.69. The molecule has 66 valence electrons. The minimum absolute atomic E-state index is 0.435. The van der Waals surface area contributed by atoms with Crippen LogP contribution in [0, 0.1) is 0 Å². The summed E-state index contributed by atoms with van der Waals surface area (Å²) in [5, 5.41) is 0.699. The van der Waals surface area contributed by atoms with E-state index in [4.69, 9.17) is 9.47 Å². The first-order chi connectivity index (χ1) is 5.38. The molecule has 0 aromatic heterocycles. The van der Waals surface area contributed by atoms with Crippen LogP contribution in [0.1, 0.15) is 19.8 Å². The van der Waals surface area contributed by atoms with E-state index in [9.17, 15) is 0 Å². The molecule has 1 heterocycles. The molecule has 3 heteroatoms. The second kappa shape index (κ2) is 5.01. The molecule has 1 rings (SSSR count). The molecule has 1 fully saturated rings. The van der Waals surface area contributed by atoms with E-state index in [-0.39, 0.29) is 0 Å². The maximum atomic E-state index is 5.51. The van der Waals surface area contributed by atoms with Crippen LogP contribution in [0.15, 0.2) is 0 Å². The van der Waals surface area contributed by atoms with E-state index in [0.29, 0.717) is 18.1 Å².